The lowest BCUT2D eigenvalue weighted by Crippen LogP contribution is -1.77. The Morgan fingerprint density at radius 2 is 1.27 bits per heavy atom. The molecule has 0 saturated carbocycles. The molecule has 15 heavy (non-hydrogen) atoms. The van der Waals surface area contributed by atoms with Crippen molar-refractivity contribution in [3.63, 3.8) is 0 Å². The van der Waals surface area contributed by atoms with Crippen molar-refractivity contribution in [2.45, 2.75) is 4.90 Å². The first-order valence-corrected chi connectivity index (χ1v) is 6.03. The summed E-state index contributed by atoms with van der Waals surface area (Å²) in [7, 11) is 0. The van der Waals surface area contributed by atoms with Crippen LogP contribution >= 0.6 is 28.0 Å². The summed E-state index contributed by atoms with van der Waals surface area (Å²) in [5.74, 6) is 0. The maximum atomic E-state index is 8.85. The van der Waals surface area contributed by atoms with Gasteiger partial charge in [-0.25, -0.2) is 0 Å². The molecule has 0 aliphatic carbocycles. The minimum atomic E-state index is 0.768. The van der Waals surface area contributed by atoms with Gasteiger partial charge < -0.3 is 4.55 Å². The lowest BCUT2D eigenvalue weighted by Gasteiger charge is -2.02. The summed E-state index contributed by atoms with van der Waals surface area (Å²) in [4.78, 5) is 0.857. The van der Waals surface area contributed by atoms with E-state index in [9.17, 15) is 0 Å². The third-order valence-electron chi connectivity index (χ3n) is 2.14. The summed E-state index contributed by atoms with van der Waals surface area (Å²) >= 11 is 4.17. The Balaban J connectivity index is 2.33. The zero-order valence-electron chi connectivity index (χ0n) is 7.85. The molecule has 2 aromatic rings. The van der Waals surface area contributed by atoms with Gasteiger partial charge in [0.25, 0.3) is 0 Å². The highest BCUT2D eigenvalue weighted by molar-refractivity contribution is 9.10. The van der Waals surface area contributed by atoms with Crippen molar-refractivity contribution < 1.29 is 4.55 Å². The summed E-state index contributed by atoms with van der Waals surface area (Å²) in [6.07, 6.45) is 0. The number of halogens is 1. The fourth-order valence-electron chi connectivity index (χ4n) is 1.35. The second-order valence-electron chi connectivity index (χ2n) is 3.12. The molecular formula is C12H9BrOS. The summed E-state index contributed by atoms with van der Waals surface area (Å²) in [5.41, 5.74) is 2.33. The lowest BCUT2D eigenvalue weighted by molar-refractivity contribution is 0.664. The van der Waals surface area contributed by atoms with Crippen LogP contribution in [0.2, 0.25) is 0 Å². The normalized spacial score (nSPS) is 10.3. The van der Waals surface area contributed by atoms with E-state index in [0.29, 0.717) is 0 Å². The van der Waals surface area contributed by atoms with Gasteiger partial charge in [0.05, 0.1) is 0 Å². The fourth-order valence-corrected chi connectivity index (χ4v) is 1.87. The Morgan fingerprint density at radius 3 is 1.73 bits per heavy atom. The number of rotatable bonds is 2. The van der Waals surface area contributed by atoms with Crippen molar-refractivity contribution in [3.05, 3.63) is 53.0 Å². The molecule has 1 nitrogen and oxygen atoms in total. The largest absolute Gasteiger partial charge is 0.325 e. The molecule has 0 aliphatic rings. The summed E-state index contributed by atoms with van der Waals surface area (Å²) in [6, 6.07) is 16.0. The zero-order chi connectivity index (χ0) is 10.7. The van der Waals surface area contributed by atoms with E-state index in [0.717, 1.165) is 27.0 Å². The highest BCUT2D eigenvalue weighted by atomic mass is 79.9. The van der Waals surface area contributed by atoms with E-state index in [-0.39, 0.29) is 0 Å². The molecule has 0 heterocycles. The molecule has 1 N–H and O–H groups in total. The van der Waals surface area contributed by atoms with E-state index in [2.05, 4.69) is 28.1 Å². The van der Waals surface area contributed by atoms with E-state index in [1.807, 2.05) is 36.4 Å². The molecule has 0 aromatic heterocycles. The van der Waals surface area contributed by atoms with Gasteiger partial charge in [0.15, 0.2) is 0 Å². The molecule has 0 amide bonds. The van der Waals surface area contributed by atoms with E-state index in [1.165, 1.54) is 5.56 Å². The predicted molar refractivity (Wildman–Crippen MR) is 68.1 cm³/mol. The molecule has 3 heteroatoms. The van der Waals surface area contributed by atoms with Crippen LogP contribution < -0.4 is 0 Å². The minimum absolute atomic E-state index is 0.768. The highest BCUT2D eigenvalue weighted by Crippen LogP contribution is 2.24. The zero-order valence-corrected chi connectivity index (χ0v) is 10.3. The lowest BCUT2D eigenvalue weighted by atomic mass is 10.1. The number of hydrogen-bond acceptors (Lipinski definition) is 2. The van der Waals surface area contributed by atoms with Crippen LogP contribution in [0.3, 0.4) is 0 Å². The molecular weight excluding hydrogens is 272 g/mol. The quantitative estimate of drug-likeness (QED) is 0.806. The molecule has 2 aromatic carbocycles. The van der Waals surface area contributed by atoms with Gasteiger partial charge in [-0.1, -0.05) is 40.2 Å². The Labute approximate surface area is 101 Å². The second kappa shape index (κ2) is 4.84. The van der Waals surface area contributed by atoms with E-state index >= 15 is 0 Å². The van der Waals surface area contributed by atoms with Gasteiger partial charge in [0.1, 0.15) is 0 Å². The first-order valence-electron chi connectivity index (χ1n) is 4.47. The van der Waals surface area contributed by atoms with Gasteiger partial charge >= 0.3 is 0 Å². The molecule has 0 atom stereocenters. The molecule has 0 fully saturated rings. The van der Waals surface area contributed by atoms with Crippen molar-refractivity contribution in [3.8, 4) is 11.1 Å². The molecule has 0 spiro atoms. The van der Waals surface area contributed by atoms with Crippen molar-refractivity contribution >= 4 is 28.0 Å². The van der Waals surface area contributed by atoms with Crippen molar-refractivity contribution in [2.24, 2.45) is 0 Å². The van der Waals surface area contributed by atoms with Crippen LogP contribution in [0.5, 0.6) is 0 Å². The van der Waals surface area contributed by atoms with Gasteiger partial charge in [-0.05, 0) is 35.4 Å². The van der Waals surface area contributed by atoms with Gasteiger partial charge in [0, 0.05) is 21.4 Å². The molecule has 0 unspecified atom stereocenters. The monoisotopic (exact) mass is 280 g/mol. The molecule has 2 rings (SSSR count). The molecule has 0 saturated heterocycles. The van der Waals surface area contributed by atoms with Crippen LogP contribution in [0.4, 0.5) is 0 Å². The molecule has 0 aliphatic heterocycles. The topological polar surface area (TPSA) is 20.2 Å². The third-order valence-corrected chi connectivity index (χ3v) is 3.15. The van der Waals surface area contributed by atoms with E-state index in [4.69, 9.17) is 4.55 Å². The third kappa shape index (κ3) is 2.62. The van der Waals surface area contributed by atoms with Crippen LogP contribution in [-0.4, -0.2) is 4.55 Å². The second-order valence-corrected chi connectivity index (χ2v) is 4.69. The maximum absolute atomic E-state index is 8.85. The van der Waals surface area contributed by atoms with Crippen LogP contribution in [0.1, 0.15) is 0 Å². The Morgan fingerprint density at radius 1 is 0.800 bits per heavy atom. The Kier molecular flexibility index (Phi) is 3.46. The maximum Gasteiger partial charge on any atom is 0.0351 e. The number of hydrogen-bond donors (Lipinski definition) is 1. The van der Waals surface area contributed by atoms with Gasteiger partial charge in [-0.15, -0.1) is 0 Å². The summed E-state index contributed by atoms with van der Waals surface area (Å²) in [6.45, 7) is 0. The van der Waals surface area contributed by atoms with Gasteiger partial charge in [-0.2, -0.15) is 0 Å². The van der Waals surface area contributed by atoms with Crippen LogP contribution in [0, 0.1) is 0 Å². The number of benzene rings is 2. The summed E-state index contributed by atoms with van der Waals surface area (Å²) < 4.78 is 9.92. The van der Waals surface area contributed by atoms with Crippen LogP contribution in [-0.2, 0) is 0 Å². The average Bonchev–Trinajstić information content (AvgIpc) is 2.30. The van der Waals surface area contributed by atoms with Crippen LogP contribution in [0.25, 0.3) is 11.1 Å². The SMILES string of the molecule is OSc1ccc(-c2ccc(Br)cc2)cc1. The van der Waals surface area contributed by atoms with Crippen molar-refractivity contribution in [1.29, 1.82) is 0 Å². The minimum Gasteiger partial charge on any atom is -0.325 e. The standard InChI is InChI=1S/C12H9BrOS/c13-11-5-1-9(2-6-11)10-3-7-12(15-14)8-4-10/h1-8,14H. The Hall–Kier alpha value is -0.770. The van der Waals surface area contributed by atoms with E-state index < -0.39 is 0 Å². The van der Waals surface area contributed by atoms with Crippen LogP contribution in [0.15, 0.2) is 57.9 Å². The van der Waals surface area contributed by atoms with Crippen molar-refractivity contribution in [1.82, 2.24) is 0 Å². The van der Waals surface area contributed by atoms with Gasteiger partial charge in [0.2, 0.25) is 0 Å². The molecule has 0 bridgehead atoms. The van der Waals surface area contributed by atoms with Gasteiger partial charge in [-0.3, -0.25) is 0 Å². The molecule has 76 valence electrons. The Bertz CT molecular complexity index is 436. The first kappa shape index (κ1) is 10.7. The first-order chi connectivity index (χ1) is 7.29. The smallest absolute Gasteiger partial charge is 0.0351 e. The fraction of sp³-hybridized carbons (Fsp3) is 0. The van der Waals surface area contributed by atoms with Crippen molar-refractivity contribution in [2.75, 3.05) is 0 Å². The average molecular weight is 281 g/mol. The van der Waals surface area contributed by atoms with E-state index in [1.54, 1.807) is 0 Å². The predicted octanol–water partition coefficient (Wildman–Crippen LogP) is 4.68. The molecule has 0 radical (unpaired) electrons. The highest BCUT2D eigenvalue weighted by Gasteiger charge is 1.97. The summed E-state index contributed by atoms with van der Waals surface area (Å²) in [5, 5.41) is 0.